The highest BCUT2D eigenvalue weighted by molar-refractivity contribution is 6.10. The minimum absolute atomic E-state index is 0.190. The lowest BCUT2D eigenvalue weighted by molar-refractivity contribution is -0.159. The van der Waals surface area contributed by atoms with E-state index in [1.54, 1.807) is 13.0 Å². The average molecular weight is 274 g/mol. The average Bonchev–Trinajstić information content (AvgIpc) is 2.48. The molecule has 20 heavy (non-hydrogen) atoms. The number of hydrogen-bond donors (Lipinski definition) is 0. The van der Waals surface area contributed by atoms with Gasteiger partial charge in [0, 0.05) is 0 Å². The molecule has 3 heteroatoms. The summed E-state index contributed by atoms with van der Waals surface area (Å²) in [6, 6.07) is 9.55. The molecule has 0 aliphatic heterocycles. The Bertz CT molecular complexity index is 470. The fourth-order valence-corrected chi connectivity index (χ4v) is 2.15. The van der Waals surface area contributed by atoms with Crippen LogP contribution in [0.2, 0.25) is 0 Å². The minimum atomic E-state index is -1.05. The normalized spacial score (nSPS) is 11.6. The van der Waals surface area contributed by atoms with E-state index < -0.39 is 11.4 Å². The Labute approximate surface area is 120 Å². The summed E-state index contributed by atoms with van der Waals surface area (Å²) in [4.78, 5) is 24.5. The number of carbonyl (C=O) groups excluding carboxylic acids is 2. The number of esters is 1. The van der Waals surface area contributed by atoms with Crippen molar-refractivity contribution in [1.82, 2.24) is 0 Å². The van der Waals surface area contributed by atoms with Gasteiger partial charge in [-0.15, -0.1) is 0 Å². The molecule has 1 rings (SSSR count). The maximum Gasteiger partial charge on any atom is 0.319 e. The van der Waals surface area contributed by atoms with E-state index in [9.17, 15) is 9.59 Å². The van der Waals surface area contributed by atoms with Gasteiger partial charge in [0.15, 0.2) is 5.78 Å². The summed E-state index contributed by atoms with van der Waals surface area (Å²) in [5.74, 6) is -0.613. The molecule has 1 aromatic carbocycles. The van der Waals surface area contributed by atoms with Crippen molar-refractivity contribution in [3.8, 4) is 0 Å². The van der Waals surface area contributed by atoms with Gasteiger partial charge < -0.3 is 4.74 Å². The molecule has 108 valence electrons. The summed E-state index contributed by atoms with van der Waals surface area (Å²) in [6.45, 7) is 5.72. The third-order valence-electron chi connectivity index (χ3n) is 3.57. The SMILES string of the molecule is CCOC(=O)C(CC)(CC)C(=O)/C=C/c1ccccc1. The predicted molar refractivity (Wildman–Crippen MR) is 80.1 cm³/mol. The summed E-state index contributed by atoms with van der Waals surface area (Å²) in [7, 11) is 0. The summed E-state index contributed by atoms with van der Waals surface area (Å²) in [5.41, 5.74) is -0.118. The quantitative estimate of drug-likeness (QED) is 0.433. The summed E-state index contributed by atoms with van der Waals surface area (Å²) < 4.78 is 5.07. The lowest BCUT2D eigenvalue weighted by atomic mass is 9.78. The molecule has 0 fully saturated rings. The summed E-state index contributed by atoms with van der Waals surface area (Å²) in [6.07, 6.45) is 4.11. The van der Waals surface area contributed by atoms with Crippen molar-refractivity contribution in [2.24, 2.45) is 5.41 Å². The van der Waals surface area contributed by atoms with E-state index in [0.717, 1.165) is 5.56 Å². The standard InChI is InChI=1S/C17H22O3/c1-4-17(5-2,16(19)20-6-3)15(18)13-12-14-10-8-7-9-11-14/h7-13H,4-6H2,1-3H3/b13-12+. The van der Waals surface area contributed by atoms with Crippen LogP contribution in [-0.4, -0.2) is 18.4 Å². The van der Waals surface area contributed by atoms with Gasteiger partial charge in [-0.3, -0.25) is 9.59 Å². The van der Waals surface area contributed by atoms with Gasteiger partial charge in [-0.2, -0.15) is 0 Å². The van der Waals surface area contributed by atoms with Crippen molar-refractivity contribution in [3.63, 3.8) is 0 Å². The van der Waals surface area contributed by atoms with Crippen LogP contribution in [0.25, 0.3) is 6.08 Å². The zero-order chi connectivity index (χ0) is 15.0. The molecule has 0 spiro atoms. The predicted octanol–water partition coefficient (Wildman–Crippen LogP) is 3.64. The highest BCUT2D eigenvalue weighted by atomic mass is 16.5. The molecule has 3 nitrogen and oxygen atoms in total. The molecular weight excluding hydrogens is 252 g/mol. The molecule has 0 saturated heterocycles. The maximum atomic E-state index is 12.4. The van der Waals surface area contributed by atoms with E-state index in [1.165, 1.54) is 6.08 Å². The van der Waals surface area contributed by atoms with Gasteiger partial charge in [-0.05, 0) is 31.4 Å². The van der Waals surface area contributed by atoms with Crippen LogP contribution in [0.3, 0.4) is 0 Å². The number of carbonyl (C=O) groups is 2. The first-order chi connectivity index (χ1) is 9.60. The van der Waals surface area contributed by atoms with E-state index in [4.69, 9.17) is 4.74 Å². The number of ether oxygens (including phenoxy) is 1. The zero-order valence-corrected chi connectivity index (χ0v) is 12.4. The molecule has 0 unspecified atom stereocenters. The first-order valence-electron chi connectivity index (χ1n) is 7.05. The minimum Gasteiger partial charge on any atom is -0.465 e. The number of benzene rings is 1. The van der Waals surface area contributed by atoms with Gasteiger partial charge in [0.05, 0.1) is 6.61 Å². The largest absolute Gasteiger partial charge is 0.465 e. The second kappa shape index (κ2) is 7.63. The van der Waals surface area contributed by atoms with Crippen LogP contribution in [0.5, 0.6) is 0 Å². The van der Waals surface area contributed by atoms with Gasteiger partial charge in [0.1, 0.15) is 5.41 Å². The van der Waals surface area contributed by atoms with Gasteiger partial charge in [0.2, 0.25) is 0 Å². The van der Waals surface area contributed by atoms with Gasteiger partial charge in [-0.1, -0.05) is 50.3 Å². The number of ketones is 1. The van der Waals surface area contributed by atoms with E-state index in [0.29, 0.717) is 12.8 Å². The molecule has 0 N–H and O–H groups in total. The second-order valence-corrected chi connectivity index (χ2v) is 4.62. The Hall–Kier alpha value is -1.90. The first kappa shape index (κ1) is 16.2. The first-order valence-corrected chi connectivity index (χ1v) is 7.05. The molecule has 0 aliphatic carbocycles. The molecule has 1 aromatic rings. The lowest BCUT2D eigenvalue weighted by Gasteiger charge is -2.26. The van der Waals surface area contributed by atoms with E-state index in [1.807, 2.05) is 44.2 Å². The van der Waals surface area contributed by atoms with Crippen LogP contribution < -0.4 is 0 Å². The maximum absolute atomic E-state index is 12.4. The smallest absolute Gasteiger partial charge is 0.319 e. The van der Waals surface area contributed by atoms with Crippen LogP contribution in [0.4, 0.5) is 0 Å². The Kier molecular flexibility index (Phi) is 6.16. The van der Waals surface area contributed by atoms with Crippen LogP contribution in [0, 0.1) is 5.41 Å². The highest BCUT2D eigenvalue weighted by Gasteiger charge is 2.42. The number of hydrogen-bond acceptors (Lipinski definition) is 3. The van der Waals surface area contributed by atoms with Crippen molar-refractivity contribution in [3.05, 3.63) is 42.0 Å². The molecular formula is C17H22O3. The molecule has 0 atom stereocenters. The highest BCUT2D eigenvalue weighted by Crippen LogP contribution is 2.30. The van der Waals surface area contributed by atoms with Crippen LogP contribution >= 0.6 is 0 Å². The third-order valence-corrected chi connectivity index (χ3v) is 3.57. The van der Waals surface area contributed by atoms with Crippen molar-refractivity contribution >= 4 is 17.8 Å². The van der Waals surface area contributed by atoms with E-state index in [2.05, 4.69) is 0 Å². The monoisotopic (exact) mass is 274 g/mol. The van der Waals surface area contributed by atoms with Crippen molar-refractivity contribution < 1.29 is 14.3 Å². The zero-order valence-electron chi connectivity index (χ0n) is 12.4. The fraction of sp³-hybridized carbons (Fsp3) is 0.412. The lowest BCUT2D eigenvalue weighted by Crippen LogP contribution is -2.38. The molecule has 0 bridgehead atoms. The van der Waals surface area contributed by atoms with E-state index in [-0.39, 0.29) is 12.4 Å². The number of rotatable bonds is 7. The number of allylic oxidation sites excluding steroid dienone is 1. The van der Waals surface area contributed by atoms with E-state index >= 15 is 0 Å². The Morgan fingerprint density at radius 1 is 1.10 bits per heavy atom. The molecule has 0 saturated carbocycles. The summed E-state index contributed by atoms with van der Waals surface area (Å²) >= 11 is 0. The summed E-state index contributed by atoms with van der Waals surface area (Å²) in [5, 5.41) is 0. The second-order valence-electron chi connectivity index (χ2n) is 4.62. The van der Waals surface area contributed by atoms with Crippen molar-refractivity contribution in [2.45, 2.75) is 33.6 Å². The molecule has 0 heterocycles. The molecule has 0 aromatic heterocycles. The van der Waals surface area contributed by atoms with Crippen molar-refractivity contribution in [1.29, 1.82) is 0 Å². The van der Waals surface area contributed by atoms with Gasteiger partial charge >= 0.3 is 5.97 Å². The topological polar surface area (TPSA) is 43.4 Å². The van der Waals surface area contributed by atoms with Crippen LogP contribution in [-0.2, 0) is 14.3 Å². The van der Waals surface area contributed by atoms with Crippen LogP contribution in [0.15, 0.2) is 36.4 Å². The Balaban J connectivity index is 2.95. The van der Waals surface area contributed by atoms with Gasteiger partial charge in [0.25, 0.3) is 0 Å². The molecule has 0 amide bonds. The van der Waals surface area contributed by atoms with Crippen molar-refractivity contribution in [2.75, 3.05) is 6.61 Å². The third kappa shape index (κ3) is 3.56. The Morgan fingerprint density at radius 2 is 1.70 bits per heavy atom. The molecule has 0 aliphatic rings. The Morgan fingerprint density at radius 3 is 2.20 bits per heavy atom. The fourth-order valence-electron chi connectivity index (χ4n) is 2.15. The molecule has 0 radical (unpaired) electrons. The van der Waals surface area contributed by atoms with Gasteiger partial charge in [-0.25, -0.2) is 0 Å². The van der Waals surface area contributed by atoms with Crippen LogP contribution in [0.1, 0.15) is 39.2 Å².